The van der Waals surface area contributed by atoms with E-state index in [1.165, 1.54) is 5.57 Å². The van der Waals surface area contributed by atoms with Crippen LogP contribution >= 0.6 is 0 Å². The first-order valence-corrected chi connectivity index (χ1v) is 4.48. The molecule has 2 heteroatoms. The second-order valence-corrected chi connectivity index (χ2v) is 3.25. The summed E-state index contributed by atoms with van der Waals surface area (Å²) in [5, 5.41) is 0. The summed E-state index contributed by atoms with van der Waals surface area (Å²) >= 11 is 0. The molecule has 0 fully saturated rings. The monoisotopic (exact) mass is 182 g/mol. The van der Waals surface area contributed by atoms with Gasteiger partial charge in [-0.15, -0.1) is 0 Å². The summed E-state index contributed by atoms with van der Waals surface area (Å²) in [4.78, 5) is 11.3. The molecule has 0 aromatic rings. The fourth-order valence-electron chi connectivity index (χ4n) is 0.942. The van der Waals surface area contributed by atoms with Gasteiger partial charge in [0, 0.05) is 5.57 Å². The van der Waals surface area contributed by atoms with Crippen molar-refractivity contribution in [1.82, 2.24) is 0 Å². The topological polar surface area (TPSA) is 26.3 Å². The highest BCUT2D eigenvalue weighted by atomic mass is 16.5. The van der Waals surface area contributed by atoms with Crippen LogP contribution in [0.1, 0.15) is 34.6 Å². The lowest BCUT2D eigenvalue weighted by molar-refractivity contribution is -0.138. The number of hydrogen-bond donors (Lipinski definition) is 0. The average Bonchev–Trinajstić information content (AvgIpc) is 2.02. The molecule has 0 unspecified atom stereocenters. The van der Waals surface area contributed by atoms with Crippen molar-refractivity contribution in [1.29, 1.82) is 0 Å². The molecule has 0 bridgehead atoms. The largest absolute Gasteiger partial charge is 0.463 e. The second-order valence-electron chi connectivity index (χ2n) is 3.25. The van der Waals surface area contributed by atoms with Crippen molar-refractivity contribution in [3.05, 3.63) is 22.8 Å². The van der Waals surface area contributed by atoms with E-state index in [4.69, 9.17) is 4.74 Å². The lowest BCUT2D eigenvalue weighted by Crippen LogP contribution is -2.06. The number of ether oxygens (including phenoxy) is 1. The number of allylic oxidation sites excluding steroid dienone is 3. The Bertz CT molecular complexity index is 243. The summed E-state index contributed by atoms with van der Waals surface area (Å²) in [6.07, 6.45) is 1.98. The van der Waals surface area contributed by atoms with Crippen LogP contribution in [0.2, 0.25) is 0 Å². The molecule has 0 radical (unpaired) electrons. The molecular formula is C11H18O2. The van der Waals surface area contributed by atoms with Crippen molar-refractivity contribution in [2.75, 3.05) is 6.61 Å². The van der Waals surface area contributed by atoms with E-state index in [9.17, 15) is 4.79 Å². The number of carbonyl (C=O) groups is 1. The van der Waals surface area contributed by atoms with E-state index in [1.807, 2.05) is 26.8 Å². The van der Waals surface area contributed by atoms with Crippen LogP contribution in [-0.4, -0.2) is 12.6 Å². The van der Waals surface area contributed by atoms with Gasteiger partial charge in [0.25, 0.3) is 0 Å². The Morgan fingerprint density at radius 2 is 1.77 bits per heavy atom. The Labute approximate surface area is 80.3 Å². The maximum Gasteiger partial charge on any atom is 0.333 e. The molecule has 0 aliphatic carbocycles. The van der Waals surface area contributed by atoms with E-state index >= 15 is 0 Å². The fraction of sp³-hybridized carbons (Fsp3) is 0.545. The number of esters is 1. The Kier molecular flexibility index (Phi) is 5.12. The molecule has 0 N–H and O–H groups in total. The van der Waals surface area contributed by atoms with Gasteiger partial charge in [-0.3, -0.25) is 0 Å². The van der Waals surface area contributed by atoms with Crippen molar-refractivity contribution in [2.45, 2.75) is 34.6 Å². The average molecular weight is 182 g/mol. The van der Waals surface area contributed by atoms with Gasteiger partial charge in [0.15, 0.2) is 0 Å². The predicted octanol–water partition coefficient (Wildman–Crippen LogP) is 2.85. The number of hydrogen-bond acceptors (Lipinski definition) is 2. The molecule has 0 heterocycles. The summed E-state index contributed by atoms with van der Waals surface area (Å²) in [7, 11) is 0. The lowest BCUT2D eigenvalue weighted by atomic mass is 10.1. The third-order valence-electron chi connectivity index (χ3n) is 1.68. The standard InChI is InChI=1S/C11H18O2/c1-6-13-11(12)10(5)9(4)7-8(2)3/h7H,6H2,1-5H3/b10-9+. The Morgan fingerprint density at radius 1 is 1.23 bits per heavy atom. The molecule has 0 aromatic heterocycles. The summed E-state index contributed by atoms with van der Waals surface area (Å²) in [5.74, 6) is -0.225. The maximum absolute atomic E-state index is 11.3. The van der Waals surface area contributed by atoms with Gasteiger partial charge in [0.1, 0.15) is 0 Å². The first kappa shape index (κ1) is 11.9. The van der Waals surface area contributed by atoms with E-state index in [1.54, 1.807) is 13.8 Å². The summed E-state index contributed by atoms with van der Waals surface area (Å²) in [6.45, 7) is 9.94. The van der Waals surface area contributed by atoms with Gasteiger partial charge in [-0.2, -0.15) is 0 Å². The van der Waals surface area contributed by atoms with Gasteiger partial charge in [0.2, 0.25) is 0 Å². The molecule has 0 saturated carbocycles. The predicted molar refractivity (Wildman–Crippen MR) is 54.4 cm³/mol. The summed E-state index contributed by atoms with van der Waals surface area (Å²) in [6, 6.07) is 0. The molecule has 0 rings (SSSR count). The first-order valence-electron chi connectivity index (χ1n) is 4.48. The smallest absolute Gasteiger partial charge is 0.333 e. The third kappa shape index (κ3) is 4.51. The fourth-order valence-corrected chi connectivity index (χ4v) is 0.942. The summed E-state index contributed by atoms with van der Waals surface area (Å²) < 4.78 is 4.88. The molecule has 2 nitrogen and oxygen atoms in total. The van der Waals surface area contributed by atoms with E-state index < -0.39 is 0 Å². The molecule has 0 aliphatic rings. The van der Waals surface area contributed by atoms with E-state index in [-0.39, 0.29) is 5.97 Å². The molecule has 0 amide bonds. The zero-order chi connectivity index (χ0) is 10.4. The lowest BCUT2D eigenvalue weighted by Gasteiger charge is -2.04. The SMILES string of the molecule is CCOC(=O)/C(C)=C(\C)C=C(C)C. The molecule has 74 valence electrons. The second kappa shape index (κ2) is 5.57. The number of rotatable bonds is 3. The van der Waals surface area contributed by atoms with Crippen LogP contribution in [0.3, 0.4) is 0 Å². The van der Waals surface area contributed by atoms with E-state index in [2.05, 4.69) is 0 Å². The minimum Gasteiger partial charge on any atom is -0.463 e. The van der Waals surface area contributed by atoms with E-state index in [0.717, 1.165) is 5.57 Å². The zero-order valence-electron chi connectivity index (χ0n) is 9.10. The minimum absolute atomic E-state index is 0.225. The Hall–Kier alpha value is -1.05. The van der Waals surface area contributed by atoms with Crippen molar-refractivity contribution in [3.8, 4) is 0 Å². The Morgan fingerprint density at radius 3 is 2.15 bits per heavy atom. The molecular weight excluding hydrogens is 164 g/mol. The van der Waals surface area contributed by atoms with Gasteiger partial charge in [-0.25, -0.2) is 4.79 Å². The molecule has 0 spiro atoms. The van der Waals surface area contributed by atoms with Crippen LogP contribution in [0.25, 0.3) is 0 Å². The van der Waals surface area contributed by atoms with Gasteiger partial charge in [0.05, 0.1) is 6.61 Å². The van der Waals surface area contributed by atoms with Crippen LogP contribution in [0, 0.1) is 0 Å². The van der Waals surface area contributed by atoms with E-state index in [0.29, 0.717) is 12.2 Å². The van der Waals surface area contributed by atoms with Crippen LogP contribution in [0.5, 0.6) is 0 Å². The van der Waals surface area contributed by atoms with Crippen LogP contribution < -0.4 is 0 Å². The van der Waals surface area contributed by atoms with Gasteiger partial charge < -0.3 is 4.74 Å². The summed E-state index contributed by atoms with van der Waals surface area (Å²) in [5.41, 5.74) is 2.84. The highest BCUT2D eigenvalue weighted by Gasteiger charge is 2.06. The Balaban J connectivity index is 4.61. The molecule has 13 heavy (non-hydrogen) atoms. The van der Waals surface area contributed by atoms with Crippen molar-refractivity contribution < 1.29 is 9.53 Å². The van der Waals surface area contributed by atoms with Crippen LogP contribution in [-0.2, 0) is 9.53 Å². The van der Waals surface area contributed by atoms with Gasteiger partial charge >= 0.3 is 5.97 Å². The highest BCUT2D eigenvalue weighted by molar-refractivity contribution is 5.89. The maximum atomic E-state index is 11.3. The van der Waals surface area contributed by atoms with Crippen molar-refractivity contribution in [3.63, 3.8) is 0 Å². The van der Waals surface area contributed by atoms with Crippen molar-refractivity contribution >= 4 is 5.97 Å². The quantitative estimate of drug-likeness (QED) is 0.381. The van der Waals surface area contributed by atoms with Crippen molar-refractivity contribution in [2.24, 2.45) is 0 Å². The molecule has 0 saturated heterocycles. The first-order chi connectivity index (χ1) is 5.99. The molecule has 0 aromatic carbocycles. The van der Waals surface area contributed by atoms with Gasteiger partial charge in [-0.05, 0) is 40.2 Å². The molecule has 0 atom stereocenters. The third-order valence-corrected chi connectivity index (χ3v) is 1.68. The van der Waals surface area contributed by atoms with Crippen LogP contribution in [0.15, 0.2) is 22.8 Å². The highest BCUT2D eigenvalue weighted by Crippen LogP contribution is 2.09. The van der Waals surface area contributed by atoms with Crippen LogP contribution in [0.4, 0.5) is 0 Å². The normalized spacial score (nSPS) is 11.8. The molecule has 0 aliphatic heterocycles. The van der Waals surface area contributed by atoms with Gasteiger partial charge in [-0.1, -0.05) is 11.6 Å². The zero-order valence-corrected chi connectivity index (χ0v) is 9.10. The number of carbonyl (C=O) groups excluding carboxylic acids is 1. The minimum atomic E-state index is -0.225.